The minimum Gasteiger partial charge on any atom is -0.349 e. The minimum absolute atomic E-state index is 0.0275. The first-order chi connectivity index (χ1) is 8.16. The van der Waals surface area contributed by atoms with Gasteiger partial charge in [-0.2, -0.15) is 0 Å². The Bertz CT molecular complexity index is 405. The molecule has 1 aliphatic carbocycles. The van der Waals surface area contributed by atoms with E-state index in [0.29, 0.717) is 17.5 Å². The number of hydrogen-bond donors (Lipinski definition) is 2. The van der Waals surface area contributed by atoms with E-state index in [1.165, 1.54) is 19.3 Å². The van der Waals surface area contributed by atoms with Gasteiger partial charge in [0.2, 0.25) is 0 Å². The second-order valence-corrected chi connectivity index (χ2v) is 5.41. The lowest BCUT2D eigenvalue weighted by Crippen LogP contribution is -2.41. The maximum atomic E-state index is 12.1. The molecule has 0 spiro atoms. The number of carbonyl (C=O) groups is 1. The van der Waals surface area contributed by atoms with Crippen LogP contribution in [0, 0.1) is 5.92 Å². The van der Waals surface area contributed by atoms with Crippen LogP contribution in [0.5, 0.6) is 0 Å². The third kappa shape index (κ3) is 3.25. The van der Waals surface area contributed by atoms with Crippen molar-refractivity contribution in [3.8, 4) is 0 Å². The Labute approximate surface area is 108 Å². The van der Waals surface area contributed by atoms with E-state index >= 15 is 0 Å². The van der Waals surface area contributed by atoms with Gasteiger partial charge < -0.3 is 5.32 Å². The number of amides is 1. The number of thiol groups is 1. The molecule has 0 radical (unpaired) electrons. The second kappa shape index (κ2) is 5.58. The standard InChI is InChI=1S/C14H19NOS/c1-10-5-2-3-8-13(10)15-14(16)11-6-4-7-12(17)9-11/h4,6-7,9-10,13,17H,2-3,5,8H2,1H3,(H,15,16). The highest BCUT2D eigenvalue weighted by atomic mass is 32.1. The van der Waals surface area contributed by atoms with Gasteiger partial charge in [0, 0.05) is 16.5 Å². The van der Waals surface area contributed by atoms with Crippen LogP contribution in [0.15, 0.2) is 29.2 Å². The average molecular weight is 249 g/mol. The van der Waals surface area contributed by atoms with Crippen molar-refractivity contribution in [2.75, 3.05) is 0 Å². The molecule has 3 heteroatoms. The molecule has 0 aliphatic heterocycles. The summed E-state index contributed by atoms with van der Waals surface area (Å²) in [6, 6.07) is 7.72. The summed E-state index contributed by atoms with van der Waals surface area (Å²) in [4.78, 5) is 12.9. The maximum Gasteiger partial charge on any atom is 0.251 e. The number of benzene rings is 1. The van der Waals surface area contributed by atoms with Gasteiger partial charge in [0.1, 0.15) is 0 Å². The zero-order valence-corrected chi connectivity index (χ0v) is 11.0. The predicted octanol–water partition coefficient (Wildman–Crippen LogP) is 3.28. The predicted molar refractivity (Wildman–Crippen MR) is 72.6 cm³/mol. The lowest BCUT2D eigenvalue weighted by atomic mass is 9.86. The van der Waals surface area contributed by atoms with Gasteiger partial charge in [-0.3, -0.25) is 4.79 Å². The molecule has 1 fully saturated rings. The van der Waals surface area contributed by atoms with Crippen LogP contribution in [0.25, 0.3) is 0 Å². The van der Waals surface area contributed by atoms with Crippen molar-refractivity contribution in [1.29, 1.82) is 0 Å². The first kappa shape index (κ1) is 12.5. The fraction of sp³-hybridized carbons (Fsp3) is 0.500. The molecular weight excluding hydrogens is 230 g/mol. The quantitative estimate of drug-likeness (QED) is 0.774. The normalized spacial score (nSPS) is 24.4. The molecule has 1 aliphatic rings. The summed E-state index contributed by atoms with van der Waals surface area (Å²) in [7, 11) is 0. The van der Waals surface area contributed by atoms with Crippen LogP contribution in [-0.4, -0.2) is 11.9 Å². The smallest absolute Gasteiger partial charge is 0.251 e. The zero-order valence-electron chi connectivity index (χ0n) is 10.1. The number of hydrogen-bond acceptors (Lipinski definition) is 2. The molecule has 0 aromatic heterocycles. The summed E-state index contributed by atoms with van der Waals surface area (Å²) >= 11 is 4.25. The van der Waals surface area contributed by atoms with E-state index in [0.717, 1.165) is 11.3 Å². The summed E-state index contributed by atoms with van der Waals surface area (Å²) in [5.74, 6) is 0.617. The Morgan fingerprint density at radius 3 is 2.82 bits per heavy atom. The van der Waals surface area contributed by atoms with E-state index in [-0.39, 0.29) is 5.91 Å². The van der Waals surface area contributed by atoms with Crippen LogP contribution in [0.3, 0.4) is 0 Å². The highest BCUT2D eigenvalue weighted by Gasteiger charge is 2.23. The third-order valence-electron chi connectivity index (χ3n) is 3.54. The average Bonchev–Trinajstić information content (AvgIpc) is 2.32. The molecular formula is C14H19NOS. The Morgan fingerprint density at radius 2 is 2.12 bits per heavy atom. The molecule has 1 aromatic rings. The van der Waals surface area contributed by atoms with Crippen LogP contribution < -0.4 is 5.32 Å². The zero-order chi connectivity index (χ0) is 12.3. The van der Waals surface area contributed by atoms with E-state index < -0.39 is 0 Å². The molecule has 0 heterocycles. The Balaban J connectivity index is 2.01. The van der Waals surface area contributed by atoms with Gasteiger partial charge in [-0.1, -0.05) is 25.8 Å². The number of carbonyl (C=O) groups excluding carboxylic acids is 1. The van der Waals surface area contributed by atoms with Crippen molar-refractivity contribution in [3.05, 3.63) is 29.8 Å². The van der Waals surface area contributed by atoms with Crippen molar-refractivity contribution < 1.29 is 4.79 Å². The molecule has 1 aromatic carbocycles. The second-order valence-electron chi connectivity index (χ2n) is 4.89. The number of rotatable bonds is 2. The number of nitrogens with one attached hydrogen (secondary N) is 1. The molecule has 1 saturated carbocycles. The lowest BCUT2D eigenvalue weighted by molar-refractivity contribution is 0.0910. The van der Waals surface area contributed by atoms with Gasteiger partial charge in [-0.15, -0.1) is 12.6 Å². The van der Waals surface area contributed by atoms with Crippen LogP contribution >= 0.6 is 12.6 Å². The molecule has 0 saturated heterocycles. The van der Waals surface area contributed by atoms with Crippen LogP contribution in [0.4, 0.5) is 0 Å². The van der Waals surface area contributed by atoms with Crippen molar-refractivity contribution in [2.45, 2.75) is 43.5 Å². The molecule has 1 amide bonds. The van der Waals surface area contributed by atoms with Gasteiger partial charge in [0.15, 0.2) is 0 Å². The van der Waals surface area contributed by atoms with Gasteiger partial charge in [-0.05, 0) is 37.0 Å². The van der Waals surface area contributed by atoms with Crippen molar-refractivity contribution in [3.63, 3.8) is 0 Å². The van der Waals surface area contributed by atoms with Crippen molar-refractivity contribution in [2.24, 2.45) is 5.92 Å². The van der Waals surface area contributed by atoms with Crippen molar-refractivity contribution in [1.82, 2.24) is 5.32 Å². The fourth-order valence-corrected chi connectivity index (χ4v) is 2.65. The first-order valence-corrected chi connectivity index (χ1v) is 6.71. The molecule has 2 unspecified atom stereocenters. The fourth-order valence-electron chi connectivity index (χ4n) is 2.43. The van der Waals surface area contributed by atoms with E-state index in [1.807, 2.05) is 24.3 Å². The highest BCUT2D eigenvalue weighted by Crippen LogP contribution is 2.24. The molecule has 2 nitrogen and oxygen atoms in total. The molecule has 1 N–H and O–H groups in total. The summed E-state index contributed by atoms with van der Waals surface area (Å²) in [6.07, 6.45) is 4.84. The molecule has 92 valence electrons. The van der Waals surface area contributed by atoms with E-state index in [1.54, 1.807) is 0 Å². The van der Waals surface area contributed by atoms with Crippen LogP contribution in [0.2, 0.25) is 0 Å². The third-order valence-corrected chi connectivity index (χ3v) is 3.81. The van der Waals surface area contributed by atoms with E-state index in [2.05, 4.69) is 24.9 Å². The first-order valence-electron chi connectivity index (χ1n) is 6.26. The summed E-state index contributed by atoms with van der Waals surface area (Å²) in [6.45, 7) is 2.22. The lowest BCUT2D eigenvalue weighted by Gasteiger charge is -2.29. The van der Waals surface area contributed by atoms with E-state index in [4.69, 9.17) is 0 Å². The SMILES string of the molecule is CC1CCCCC1NC(=O)c1cccc(S)c1. The summed E-state index contributed by atoms with van der Waals surface area (Å²) in [5.41, 5.74) is 0.704. The van der Waals surface area contributed by atoms with Gasteiger partial charge >= 0.3 is 0 Å². The van der Waals surface area contributed by atoms with Crippen molar-refractivity contribution >= 4 is 18.5 Å². The molecule has 2 rings (SSSR count). The van der Waals surface area contributed by atoms with Gasteiger partial charge in [0.05, 0.1) is 0 Å². The van der Waals surface area contributed by atoms with E-state index in [9.17, 15) is 4.79 Å². The summed E-state index contributed by atoms with van der Waals surface area (Å²) in [5, 5.41) is 3.14. The van der Waals surface area contributed by atoms with Gasteiger partial charge in [0.25, 0.3) is 5.91 Å². The highest BCUT2D eigenvalue weighted by molar-refractivity contribution is 7.80. The Kier molecular flexibility index (Phi) is 4.11. The largest absolute Gasteiger partial charge is 0.349 e. The molecule has 17 heavy (non-hydrogen) atoms. The van der Waals surface area contributed by atoms with Crippen LogP contribution in [-0.2, 0) is 0 Å². The maximum absolute atomic E-state index is 12.1. The molecule has 0 bridgehead atoms. The Morgan fingerprint density at radius 1 is 1.35 bits per heavy atom. The van der Waals surface area contributed by atoms with Gasteiger partial charge in [-0.25, -0.2) is 0 Å². The minimum atomic E-state index is 0.0275. The van der Waals surface area contributed by atoms with Crippen LogP contribution in [0.1, 0.15) is 43.0 Å². The molecule has 2 atom stereocenters. The Hall–Kier alpha value is -0.960. The topological polar surface area (TPSA) is 29.1 Å². The summed E-state index contributed by atoms with van der Waals surface area (Å²) < 4.78 is 0. The monoisotopic (exact) mass is 249 g/mol.